The second-order valence-electron chi connectivity index (χ2n) is 3.10. The molecule has 16 heavy (non-hydrogen) atoms. The number of thiophene rings is 1. The van der Waals surface area contributed by atoms with Crippen molar-refractivity contribution in [2.45, 2.75) is 12.8 Å². The van der Waals surface area contributed by atoms with Crippen molar-refractivity contribution in [1.29, 1.82) is 0 Å². The molecule has 0 bridgehead atoms. The van der Waals surface area contributed by atoms with E-state index in [2.05, 4.69) is 10.1 Å². The van der Waals surface area contributed by atoms with E-state index in [1.807, 2.05) is 0 Å². The number of ether oxygens (including phenoxy) is 1. The van der Waals surface area contributed by atoms with Crippen molar-refractivity contribution in [3.63, 3.8) is 0 Å². The summed E-state index contributed by atoms with van der Waals surface area (Å²) >= 11 is 1.29. The summed E-state index contributed by atoms with van der Waals surface area (Å²) in [6.07, 6.45) is 0.986. The van der Waals surface area contributed by atoms with E-state index in [9.17, 15) is 9.59 Å². The highest BCUT2D eigenvalue weighted by molar-refractivity contribution is 7.14. The van der Waals surface area contributed by atoms with Gasteiger partial charge in [0.2, 0.25) is 5.91 Å². The summed E-state index contributed by atoms with van der Waals surface area (Å²) in [6.45, 7) is 0.474. The number of nitrogens with one attached hydrogen (secondary N) is 1. The molecule has 1 rings (SSSR count). The first-order valence-electron chi connectivity index (χ1n) is 4.84. The van der Waals surface area contributed by atoms with Crippen molar-refractivity contribution in [3.05, 3.63) is 17.0 Å². The van der Waals surface area contributed by atoms with Crippen LogP contribution in [0.1, 0.15) is 23.2 Å². The lowest BCUT2D eigenvalue weighted by atomic mass is 10.3. The molecule has 0 unspecified atom stereocenters. The molecule has 0 saturated heterocycles. The molecule has 0 atom stereocenters. The first-order chi connectivity index (χ1) is 7.69. The highest BCUT2D eigenvalue weighted by atomic mass is 32.1. The van der Waals surface area contributed by atoms with Crippen LogP contribution >= 0.6 is 11.3 Å². The zero-order valence-electron chi connectivity index (χ0n) is 8.99. The molecule has 1 heterocycles. The normalized spacial score (nSPS) is 9.88. The minimum absolute atomic E-state index is 0.141. The number of anilines is 1. The van der Waals surface area contributed by atoms with Gasteiger partial charge < -0.3 is 15.8 Å². The SMILES string of the molecule is COC(=O)c1ccsc1NC(=O)CCCN. The summed E-state index contributed by atoms with van der Waals surface area (Å²) < 4.78 is 4.59. The van der Waals surface area contributed by atoms with E-state index in [1.165, 1.54) is 18.4 Å². The van der Waals surface area contributed by atoms with Crippen LogP contribution < -0.4 is 11.1 Å². The molecule has 6 heteroatoms. The van der Waals surface area contributed by atoms with E-state index < -0.39 is 5.97 Å². The molecule has 0 aliphatic carbocycles. The Hall–Kier alpha value is -1.40. The average molecular weight is 242 g/mol. The van der Waals surface area contributed by atoms with Crippen molar-refractivity contribution >= 4 is 28.2 Å². The number of methoxy groups -OCH3 is 1. The third-order valence-electron chi connectivity index (χ3n) is 1.93. The van der Waals surface area contributed by atoms with Gasteiger partial charge in [-0.15, -0.1) is 11.3 Å². The summed E-state index contributed by atoms with van der Waals surface area (Å²) in [6, 6.07) is 1.62. The van der Waals surface area contributed by atoms with Crippen molar-refractivity contribution < 1.29 is 14.3 Å². The zero-order chi connectivity index (χ0) is 12.0. The van der Waals surface area contributed by atoms with E-state index >= 15 is 0 Å². The monoisotopic (exact) mass is 242 g/mol. The van der Waals surface area contributed by atoms with Crippen LogP contribution in [-0.2, 0) is 9.53 Å². The van der Waals surface area contributed by atoms with E-state index in [1.54, 1.807) is 11.4 Å². The third kappa shape index (κ3) is 3.32. The summed E-state index contributed by atoms with van der Waals surface area (Å²) in [5, 5.41) is 4.91. The van der Waals surface area contributed by atoms with Gasteiger partial charge in [-0.05, 0) is 24.4 Å². The maximum atomic E-state index is 11.4. The van der Waals surface area contributed by atoms with Gasteiger partial charge in [0.15, 0.2) is 0 Å². The summed E-state index contributed by atoms with van der Waals surface area (Å²) in [5.74, 6) is -0.589. The average Bonchev–Trinajstić information content (AvgIpc) is 2.73. The van der Waals surface area contributed by atoms with Crippen molar-refractivity contribution in [1.82, 2.24) is 0 Å². The lowest BCUT2D eigenvalue weighted by Crippen LogP contribution is -2.14. The van der Waals surface area contributed by atoms with Gasteiger partial charge in [-0.25, -0.2) is 4.79 Å². The van der Waals surface area contributed by atoms with Crippen molar-refractivity contribution in [2.75, 3.05) is 19.0 Å². The van der Waals surface area contributed by atoms with Gasteiger partial charge in [0.1, 0.15) is 5.00 Å². The molecule has 1 aromatic heterocycles. The molecule has 0 fully saturated rings. The molecule has 0 aliphatic heterocycles. The summed E-state index contributed by atoms with van der Waals surface area (Å²) in [7, 11) is 1.31. The van der Waals surface area contributed by atoms with Crippen LogP contribution in [0.2, 0.25) is 0 Å². The highest BCUT2D eigenvalue weighted by Crippen LogP contribution is 2.24. The molecule has 0 saturated carbocycles. The quantitative estimate of drug-likeness (QED) is 0.760. The Labute approximate surface area is 97.6 Å². The third-order valence-corrected chi connectivity index (χ3v) is 2.76. The van der Waals surface area contributed by atoms with Gasteiger partial charge in [-0.1, -0.05) is 0 Å². The second-order valence-corrected chi connectivity index (χ2v) is 4.01. The first-order valence-corrected chi connectivity index (χ1v) is 5.72. The van der Waals surface area contributed by atoms with Gasteiger partial charge in [-0.2, -0.15) is 0 Å². The van der Waals surface area contributed by atoms with E-state index in [-0.39, 0.29) is 5.91 Å². The Morgan fingerprint density at radius 2 is 2.31 bits per heavy atom. The fourth-order valence-corrected chi connectivity index (χ4v) is 1.92. The van der Waals surface area contributed by atoms with Crippen LogP contribution in [0.3, 0.4) is 0 Å². The molecule has 88 valence electrons. The van der Waals surface area contributed by atoms with Crippen LogP contribution in [0.5, 0.6) is 0 Å². The number of hydrogen-bond donors (Lipinski definition) is 2. The number of nitrogens with two attached hydrogens (primary N) is 1. The lowest BCUT2D eigenvalue weighted by molar-refractivity contribution is -0.116. The molecule has 0 radical (unpaired) electrons. The maximum absolute atomic E-state index is 11.4. The van der Waals surface area contributed by atoms with Gasteiger partial charge in [-0.3, -0.25) is 4.79 Å². The number of hydrogen-bond acceptors (Lipinski definition) is 5. The minimum atomic E-state index is -0.449. The van der Waals surface area contributed by atoms with Crippen LogP contribution in [0.15, 0.2) is 11.4 Å². The molecule has 0 aromatic carbocycles. The number of carbonyl (C=O) groups excluding carboxylic acids is 2. The van der Waals surface area contributed by atoms with E-state index in [0.29, 0.717) is 30.0 Å². The minimum Gasteiger partial charge on any atom is -0.465 e. The zero-order valence-corrected chi connectivity index (χ0v) is 9.80. The molecule has 0 aliphatic rings. The number of amides is 1. The number of carbonyl (C=O) groups is 2. The predicted octanol–water partition coefficient (Wildman–Crippen LogP) is 1.21. The Morgan fingerprint density at radius 1 is 1.56 bits per heavy atom. The standard InChI is InChI=1S/C10H14N2O3S/c1-15-10(14)7-4-6-16-9(7)12-8(13)3-2-5-11/h4,6H,2-3,5,11H2,1H3,(H,12,13). The van der Waals surface area contributed by atoms with Crippen LogP contribution in [0.25, 0.3) is 0 Å². The van der Waals surface area contributed by atoms with Crippen molar-refractivity contribution in [3.8, 4) is 0 Å². The first kappa shape index (κ1) is 12.7. The molecular weight excluding hydrogens is 228 g/mol. The summed E-state index contributed by atoms with van der Waals surface area (Å²) in [5.41, 5.74) is 5.68. The van der Waals surface area contributed by atoms with Gasteiger partial charge >= 0.3 is 5.97 Å². The largest absolute Gasteiger partial charge is 0.465 e. The smallest absolute Gasteiger partial charge is 0.340 e. The van der Waals surface area contributed by atoms with Gasteiger partial charge in [0, 0.05) is 6.42 Å². The Balaban J connectivity index is 2.63. The van der Waals surface area contributed by atoms with Crippen LogP contribution in [0.4, 0.5) is 5.00 Å². The topological polar surface area (TPSA) is 81.4 Å². The lowest BCUT2D eigenvalue weighted by Gasteiger charge is -2.04. The molecule has 5 nitrogen and oxygen atoms in total. The molecule has 1 amide bonds. The Morgan fingerprint density at radius 3 is 2.94 bits per heavy atom. The second kappa shape index (κ2) is 6.24. The molecule has 0 spiro atoms. The Kier molecular flexibility index (Phi) is 4.94. The van der Waals surface area contributed by atoms with Crippen LogP contribution in [0, 0.1) is 0 Å². The van der Waals surface area contributed by atoms with Gasteiger partial charge in [0.25, 0.3) is 0 Å². The van der Waals surface area contributed by atoms with Gasteiger partial charge in [0.05, 0.1) is 12.7 Å². The van der Waals surface area contributed by atoms with Crippen molar-refractivity contribution in [2.24, 2.45) is 5.73 Å². The molecule has 1 aromatic rings. The predicted molar refractivity (Wildman–Crippen MR) is 62.6 cm³/mol. The highest BCUT2D eigenvalue weighted by Gasteiger charge is 2.14. The van der Waals surface area contributed by atoms with Crippen LogP contribution in [-0.4, -0.2) is 25.5 Å². The Bertz CT molecular complexity index is 376. The molecule has 3 N–H and O–H groups in total. The summed E-state index contributed by atoms with van der Waals surface area (Å²) in [4.78, 5) is 22.7. The fourth-order valence-electron chi connectivity index (χ4n) is 1.13. The van der Waals surface area contributed by atoms with E-state index in [4.69, 9.17) is 5.73 Å². The maximum Gasteiger partial charge on any atom is 0.340 e. The number of rotatable bonds is 5. The van der Waals surface area contributed by atoms with E-state index in [0.717, 1.165) is 0 Å². The number of esters is 1. The fraction of sp³-hybridized carbons (Fsp3) is 0.400. The molecular formula is C10H14N2O3S.